The average molecular weight is 445 g/mol. The Balaban J connectivity index is 1.15. The first-order valence-electron chi connectivity index (χ1n) is 10.9. The highest BCUT2D eigenvalue weighted by Crippen LogP contribution is 2.55. The van der Waals surface area contributed by atoms with Crippen molar-refractivity contribution in [3.05, 3.63) is 24.3 Å². The third kappa shape index (κ3) is 4.30. The van der Waals surface area contributed by atoms with Crippen molar-refractivity contribution in [3.8, 4) is 5.75 Å². The Hall–Kier alpha value is -1.80. The molecule has 0 saturated heterocycles. The highest BCUT2D eigenvalue weighted by molar-refractivity contribution is 8.01. The van der Waals surface area contributed by atoms with E-state index in [4.69, 9.17) is 4.74 Å². The van der Waals surface area contributed by atoms with Gasteiger partial charge in [-0.05, 0) is 75.3 Å². The molecule has 6 rings (SSSR count). The second kappa shape index (κ2) is 8.38. The highest BCUT2D eigenvalue weighted by atomic mass is 32.2. The summed E-state index contributed by atoms with van der Waals surface area (Å²) in [5.74, 6) is 3.82. The first-order chi connectivity index (χ1) is 14.6. The molecule has 0 radical (unpaired) electrons. The standard InChI is InChI=1S/C22H28N4O2S2/c1-2-28-18-6-4-3-5-17(18)23-20-25-26-21(30-20)29-13-19(27)24-22-10-14-7-15(11-22)9-16(8-14)12-22/h3-6,14-16H,2,7-13H2,1H3,(H,23,25)(H,24,27). The van der Waals surface area contributed by atoms with Crippen LogP contribution in [-0.2, 0) is 4.79 Å². The molecule has 4 bridgehead atoms. The van der Waals surface area contributed by atoms with Crippen LogP contribution >= 0.6 is 23.1 Å². The van der Waals surface area contributed by atoms with Gasteiger partial charge < -0.3 is 15.4 Å². The smallest absolute Gasteiger partial charge is 0.230 e. The Morgan fingerprint density at radius 1 is 1.17 bits per heavy atom. The van der Waals surface area contributed by atoms with Crippen LogP contribution in [0.4, 0.5) is 10.8 Å². The second-order valence-corrected chi connectivity index (χ2v) is 11.2. The minimum Gasteiger partial charge on any atom is -0.492 e. The van der Waals surface area contributed by atoms with E-state index in [0.29, 0.717) is 17.5 Å². The molecule has 0 unspecified atom stereocenters. The summed E-state index contributed by atoms with van der Waals surface area (Å²) >= 11 is 2.93. The molecule has 4 aliphatic carbocycles. The average Bonchev–Trinajstić information content (AvgIpc) is 3.14. The maximum atomic E-state index is 12.7. The predicted octanol–water partition coefficient (Wildman–Crippen LogP) is 4.86. The van der Waals surface area contributed by atoms with Gasteiger partial charge in [-0.1, -0.05) is 35.2 Å². The van der Waals surface area contributed by atoms with Crippen molar-refractivity contribution < 1.29 is 9.53 Å². The van der Waals surface area contributed by atoms with Crippen LogP contribution in [0, 0.1) is 17.8 Å². The Labute approximate surface area is 185 Å². The molecule has 160 valence electrons. The number of anilines is 2. The molecule has 2 aromatic rings. The van der Waals surface area contributed by atoms with E-state index in [0.717, 1.165) is 33.5 Å². The summed E-state index contributed by atoms with van der Waals surface area (Å²) in [6.45, 7) is 2.57. The van der Waals surface area contributed by atoms with Crippen molar-refractivity contribution in [2.75, 3.05) is 17.7 Å². The largest absolute Gasteiger partial charge is 0.492 e. The van der Waals surface area contributed by atoms with Crippen molar-refractivity contribution in [1.29, 1.82) is 0 Å². The molecule has 0 atom stereocenters. The monoisotopic (exact) mass is 444 g/mol. The molecule has 1 heterocycles. The number of amides is 1. The molecule has 4 fully saturated rings. The number of thioether (sulfide) groups is 1. The number of hydrogen-bond donors (Lipinski definition) is 2. The molecular weight excluding hydrogens is 416 g/mol. The van der Waals surface area contributed by atoms with Crippen molar-refractivity contribution >= 4 is 39.8 Å². The molecule has 1 aromatic heterocycles. The van der Waals surface area contributed by atoms with Crippen LogP contribution in [0.15, 0.2) is 28.6 Å². The molecule has 30 heavy (non-hydrogen) atoms. The summed E-state index contributed by atoms with van der Waals surface area (Å²) < 4.78 is 6.44. The van der Waals surface area contributed by atoms with Gasteiger partial charge in [-0.15, -0.1) is 10.2 Å². The summed E-state index contributed by atoms with van der Waals surface area (Å²) in [4.78, 5) is 12.7. The van der Waals surface area contributed by atoms with Gasteiger partial charge >= 0.3 is 0 Å². The number of para-hydroxylation sites is 2. The summed E-state index contributed by atoms with van der Waals surface area (Å²) in [7, 11) is 0. The van der Waals surface area contributed by atoms with E-state index in [1.54, 1.807) is 0 Å². The molecule has 1 aromatic carbocycles. The predicted molar refractivity (Wildman–Crippen MR) is 121 cm³/mol. The van der Waals surface area contributed by atoms with Gasteiger partial charge in [0.15, 0.2) is 4.34 Å². The minimum atomic E-state index is 0.0726. The quantitative estimate of drug-likeness (QED) is 0.567. The van der Waals surface area contributed by atoms with Crippen LogP contribution in [0.2, 0.25) is 0 Å². The second-order valence-electron chi connectivity index (χ2n) is 8.96. The van der Waals surface area contributed by atoms with Crippen molar-refractivity contribution in [2.24, 2.45) is 17.8 Å². The van der Waals surface area contributed by atoms with Crippen LogP contribution in [0.5, 0.6) is 5.75 Å². The maximum absolute atomic E-state index is 12.7. The first kappa shape index (κ1) is 20.1. The summed E-state index contributed by atoms with van der Waals surface area (Å²) in [6.07, 6.45) is 7.70. The fourth-order valence-electron chi connectivity index (χ4n) is 6.01. The first-order valence-corrected chi connectivity index (χ1v) is 12.7. The van der Waals surface area contributed by atoms with Crippen LogP contribution in [-0.4, -0.2) is 34.0 Å². The molecule has 4 aliphatic rings. The van der Waals surface area contributed by atoms with Crippen molar-refractivity contribution in [3.63, 3.8) is 0 Å². The van der Waals surface area contributed by atoms with Crippen LogP contribution in [0.25, 0.3) is 0 Å². The molecule has 2 N–H and O–H groups in total. The number of aromatic nitrogens is 2. The van der Waals surface area contributed by atoms with Gasteiger partial charge in [-0.2, -0.15) is 0 Å². The van der Waals surface area contributed by atoms with Gasteiger partial charge in [-0.25, -0.2) is 0 Å². The Morgan fingerprint density at radius 3 is 2.57 bits per heavy atom. The molecule has 8 heteroatoms. The number of nitrogens with one attached hydrogen (secondary N) is 2. The normalized spacial score (nSPS) is 29.0. The zero-order valence-electron chi connectivity index (χ0n) is 17.2. The summed E-state index contributed by atoms with van der Waals surface area (Å²) in [5.41, 5.74) is 0.940. The van der Waals surface area contributed by atoms with Crippen molar-refractivity contribution in [1.82, 2.24) is 15.5 Å². The lowest BCUT2D eigenvalue weighted by Gasteiger charge is -2.56. The van der Waals surface area contributed by atoms with Gasteiger partial charge in [0.2, 0.25) is 11.0 Å². The molecule has 0 spiro atoms. The van der Waals surface area contributed by atoms with E-state index in [1.807, 2.05) is 31.2 Å². The lowest BCUT2D eigenvalue weighted by Crippen LogP contribution is -2.60. The minimum absolute atomic E-state index is 0.0726. The van der Waals surface area contributed by atoms with E-state index in [-0.39, 0.29) is 11.4 Å². The maximum Gasteiger partial charge on any atom is 0.230 e. The molecule has 6 nitrogen and oxygen atoms in total. The van der Waals surface area contributed by atoms with Gasteiger partial charge in [0, 0.05) is 5.54 Å². The Bertz CT molecular complexity index is 881. The van der Waals surface area contributed by atoms with Gasteiger partial charge in [0.25, 0.3) is 0 Å². The van der Waals surface area contributed by atoms with E-state index < -0.39 is 0 Å². The number of nitrogens with zero attached hydrogens (tertiary/aromatic N) is 2. The number of ether oxygens (including phenoxy) is 1. The van der Waals surface area contributed by atoms with Gasteiger partial charge in [-0.3, -0.25) is 4.79 Å². The summed E-state index contributed by atoms with van der Waals surface area (Å²) in [6, 6.07) is 7.78. The highest BCUT2D eigenvalue weighted by Gasteiger charge is 2.51. The number of rotatable bonds is 8. The fraction of sp³-hybridized carbons (Fsp3) is 0.591. The van der Waals surface area contributed by atoms with E-state index in [2.05, 4.69) is 20.8 Å². The topological polar surface area (TPSA) is 76.1 Å². The zero-order valence-corrected chi connectivity index (χ0v) is 18.9. The third-order valence-corrected chi connectivity index (χ3v) is 8.58. The van der Waals surface area contributed by atoms with Gasteiger partial charge in [0.1, 0.15) is 5.75 Å². The SMILES string of the molecule is CCOc1ccccc1Nc1nnc(SCC(=O)NC23CC4CC(CC(C4)C2)C3)s1. The summed E-state index contributed by atoms with van der Waals surface area (Å²) in [5, 5.41) is 15.9. The Kier molecular flexibility index (Phi) is 5.62. The number of carbonyl (C=O) groups is 1. The zero-order chi connectivity index (χ0) is 20.6. The van der Waals surface area contributed by atoms with E-state index >= 15 is 0 Å². The van der Waals surface area contributed by atoms with Crippen LogP contribution < -0.4 is 15.4 Å². The van der Waals surface area contributed by atoms with Crippen LogP contribution in [0.1, 0.15) is 45.4 Å². The van der Waals surface area contributed by atoms with E-state index in [9.17, 15) is 4.79 Å². The lowest BCUT2D eigenvalue weighted by atomic mass is 9.53. The molecule has 0 aliphatic heterocycles. The molecule has 1 amide bonds. The number of benzene rings is 1. The van der Waals surface area contributed by atoms with Crippen molar-refractivity contribution in [2.45, 2.75) is 55.3 Å². The molecule has 4 saturated carbocycles. The lowest BCUT2D eigenvalue weighted by molar-refractivity contribution is -0.124. The van der Waals surface area contributed by atoms with E-state index in [1.165, 1.54) is 61.6 Å². The third-order valence-electron chi connectivity index (χ3n) is 6.60. The fourth-order valence-corrected chi connectivity index (χ4v) is 7.57. The number of hydrogen-bond acceptors (Lipinski definition) is 7. The Morgan fingerprint density at radius 2 is 1.87 bits per heavy atom. The number of carbonyl (C=O) groups excluding carboxylic acids is 1. The van der Waals surface area contributed by atoms with Crippen LogP contribution in [0.3, 0.4) is 0 Å². The molecular formula is C22H28N4O2S2. The van der Waals surface area contributed by atoms with Gasteiger partial charge in [0.05, 0.1) is 18.0 Å².